The normalized spacial score (nSPS) is 18.2. The molecule has 1 aliphatic heterocycles. The van der Waals surface area contributed by atoms with E-state index in [1.165, 1.54) is 4.31 Å². The topological polar surface area (TPSA) is 58.6 Å². The van der Waals surface area contributed by atoms with Gasteiger partial charge in [-0.3, -0.25) is 0 Å². The Morgan fingerprint density at radius 1 is 1.21 bits per heavy atom. The van der Waals surface area contributed by atoms with E-state index in [1.54, 1.807) is 12.1 Å². The standard InChI is InChI=1S/C13H20N2O3S/c1-14-11-12-3-5-13(6-4-12)19(16,17)15-7-2-9-18-10-8-15/h3-6,14H,2,7-11H2,1H3. The fourth-order valence-corrected chi connectivity index (χ4v) is 3.56. The van der Waals surface area contributed by atoms with Crippen LogP contribution in [0.5, 0.6) is 0 Å². The van der Waals surface area contributed by atoms with E-state index in [1.807, 2.05) is 19.2 Å². The van der Waals surface area contributed by atoms with Crippen molar-refractivity contribution >= 4 is 10.0 Å². The third kappa shape index (κ3) is 3.54. The predicted molar refractivity (Wildman–Crippen MR) is 73.4 cm³/mol. The predicted octanol–water partition coefficient (Wildman–Crippen LogP) is 0.817. The molecule has 1 saturated heterocycles. The maximum Gasteiger partial charge on any atom is 0.243 e. The third-order valence-electron chi connectivity index (χ3n) is 3.12. The van der Waals surface area contributed by atoms with Crippen LogP contribution >= 0.6 is 0 Å². The van der Waals surface area contributed by atoms with Crippen molar-refractivity contribution in [2.45, 2.75) is 17.9 Å². The first-order valence-corrected chi connectivity index (χ1v) is 7.90. The molecule has 1 N–H and O–H groups in total. The molecule has 1 fully saturated rings. The Morgan fingerprint density at radius 2 is 1.95 bits per heavy atom. The molecule has 1 aliphatic rings. The third-order valence-corrected chi connectivity index (χ3v) is 5.04. The van der Waals surface area contributed by atoms with E-state index in [0.29, 0.717) is 31.2 Å². The van der Waals surface area contributed by atoms with Crippen molar-refractivity contribution in [1.82, 2.24) is 9.62 Å². The van der Waals surface area contributed by atoms with E-state index in [2.05, 4.69) is 5.32 Å². The van der Waals surface area contributed by atoms with Gasteiger partial charge in [0.05, 0.1) is 11.5 Å². The maximum atomic E-state index is 12.5. The second-order valence-corrected chi connectivity index (χ2v) is 6.48. The van der Waals surface area contributed by atoms with E-state index in [0.717, 1.165) is 18.5 Å². The zero-order chi connectivity index (χ0) is 13.7. The number of benzene rings is 1. The first-order chi connectivity index (χ1) is 9.14. The van der Waals surface area contributed by atoms with Crippen LogP contribution < -0.4 is 5.32 Å². The van der Waals surface area contributed by atoms with E-state index >= 15 is 0 Å². The summed E-state index contributed by atoms with van der Waals surface area (Å²) in [4.78, 5) is 0.356. The van der Waals surface area contributed by atoms with Gasteiger partial charge in [0.15, 0.2) is 0 Å². The largest absolute Gasteiger partial charge is 0.380 e. The van der Waals surface area contributed by atoms with Crippen LogP contribution in [0, 0.1) is 0 Å². The Kier molecular flexibility index (Phi) is 4.93. The monoisotopic (exact) mass is 284 g/mol. The summed E-state index contributed by atoms with van der Waals surface area (Å²) in [6.45, 7) is 2.79. The molecule has 5 nitrogen and oxygen atoms in total. The molecular formula is C13H20N2O3S. The average Bonchev–Trinajstić information content (AvgIpc) is 2.69. The van der Waals surface area contributed by atoms with E-state index < -0.39 is 10.0 Å². The molecule has 106 valence electrons. The van der Waals surface area contributed by atoms with Gasteiger partial charge in [-0.05, 0) is 31.2 Å². The van der Waals surface area contributed by atoms with Gasteiger partial charge in [-0.1, -0.05) is 12.1 Å². The first kappa shape index (κ1) is 14.5. The lowest BCUT2D eigenvalue weighted by molar-refractivity contribution is 0.148. The summed E-state index contributed by atoms with van der Waals surface area (Å²) in [5, 5.41) is 3.04. The number of sulfonamides is 1. The van der Waals surface area contributed by atoms with Gasteiger partial charge in [-0.15, -0.1) is 0 Å². The maximum absolute atomic E-state index is 12.5. The highest BCUT2D eigenvalue weighted by Gasteiger charge is 2.25. The Hall–Kier alpha value is -0.950. The Balaban J connectivity index is 2.18. The van der Waals surface area contributed by atoms with Gasteiger partial charge in [-0.25, -0.2) is 8.42 Å². The fraction of sp³-hybridized carbons (Fsp3) is 0.538. The minimum Gasteiger partial charge on any atom is -0.380 e. The van der Waals surface area contributed by atoms with Gasteiger partial charge in [0.25, 0.3) is 0 Å². The van der Waals surface area contributed by atoms with E-state index in [9.17, 15) is 8.42 Å². The number of hydrogen-bond acceptors (Lipinski definition) is 4. The first-order valence-electron chi connectivity index (χ1n) is 6.46. The van der Waals surface area contributed by atoms with Crippen LogP contribution in [0.1, 0.15) is 12.0 Å². The van der Waals surface area contributed by atoms with Crippen molar-refractivity contribution in [2.24, 2.45) is 0 Å². The summed E-state index contributed by atoms with van der Waals surface area (Å²) in [5.74, 6) is 0. The lowest BCUT2D eigenvalue weighted by atomic mass is 10.2. The number of rotatable bonds is 4. The minimum absolute atomic E-state index is 0.356. The van der Waals surface area contributed by atoms with Gasteiger partial charge in [0, 0.05) is 26.2 Å². The molecule has 0 saturated carbocycles. The van der Waals surface area contributed by atoms with Gasteiger partial charge in [0.2, 0.25) is 10.0 Å². The molecule has 19 heavy (non-hydrogen) atoms. The van der Waals surface area contributed by atoms with Crippen molar-refractivity contribution in [3.05, 3.63) is 29.8 Å². The van der Waals surface area contributed by atoms with Crippen LogP contribution in [0.25, 0.3) is 0 Å². The summed E-state index contributed by atoms with van der Waals surface area (Å²) >= 11 is 0. The van der Waals surface area contributed by atoms with Crippen LogP contribution in [0.4, 0.5) is 0 Å². The summed E-state index contributed by atoms with van der Waals surface area (Å²) in [6, 6.07) is 7.04. The van der Waals surface area contributed by atoms with Crippen LogP contribution in [0.3, 0.4) is 0 Å². The molecule has 0 unspecified atom stereocenters. The van der Waals surface area contributed by atoms with Crippen LogP contribution in [-0.2, 0) is 21.3 Å². The van der Waals surface area contributed by atoms with Gasteiger partial charge < -0.3 is 10.1 Å². The molecule has 0 aromatic heterocycles. The molecule has 2 rings (SSSR count). The number of nitrogens with zero attached hydrogens (tertiary/aromatic N) is 1. The zero-order valence-electron chi connectivity index (χ0n) is 11.1. The molecule has 0 spiro atoms. The molecule has 0 aliphatic carbocycles. The fourth-order valence-electron chi connectivity index (χ4n) is 2.10. The second kappa shape index (κ2) is 6.47. The summed E-state index contributed by atoms with van der Waals surface area (Å²) in [6.07, 6.45) is 0.747. The molecule has 1 heterocycles. The SMILES string of the molecule is CNCc1ccc(S(=O)(=O)N2CCCOCC2)cc1. The lowest BCUT2D eigenvalue weighted by Gasteiger charge is -2.19. The lowest BCUT2D eigenvalue weighted by Crippen LogP contribution is -2.33. The number of ether oxygens (including phenoxy) is 1. The van der Waals surface area contributed by atoms with Gasteiger partial charge in [0.1, 0.15) is 0 Å². The summed E-state index contributed by atoms with van der Waals surface area (Å²) < 4.78 is 31.7. The minimum atomic E-state index is -3.38. The Morgan fingerprint density at radius 3 is 2.63 bits per heavy atom. The molecule has 1 aromatic carbocycles. The van der Waals surface area contributed by atoms with Crippen LogP contribution in [-0.4, -0.2) is 46.1 Å². The highest BCUT2D eigenvalue weighted by atomic mass is 32.2. The molecular weight excluding hydrogens is 264 g/mol. The molecule has 0 bridgehead atoms. The van der Waals surface area contributed by atoms with Gasteiger partial charge >= 0.3 is 0 Å². The molecule has 6 heteroatoms. The summed E-state index contributed by atoms with van der Waals surface area (Å²) in [7, 11) is -1.52. The average molecular weight is 284 g/mol. The second-order valence-electron chi connectivity index (χ2n) is 4.54. The number of hydrogen-bond donors (Lipinski definition) is 1. The van der Waals surface area contributed by atoms with Crippen molar-refractivity contribution in [3.8, 4) is 0 Å². The van der Waals surface area contributed by atoms with E-state index in [4.69, 9.17) is 4.74 Å². The zero-order valence-corrected chi connectivity index (χ0v) is 11.9. The van der Waals surface area contributed by atoms with Crippen LogP contribution in [0.2, 0.25) is 0 Å². The molecule has 0 radical (unpaired) electrons. The van der Waals surface area contributed by atoms with E-state index in [-0.39, 0.29) is 0 Å². The van der Waals surface area contributed by atoms with Gasteiger partial charge in [-0.2, -0.15) is 4.31 Å². The quantitative estimate of drug-likeness (QED) is 0.889. The van der Waals surface area contributed by atoms with Crippen molar-refractivity contribution in [3.63, 3.8) is 0 Å². The Labute approximate surface area is 114 Å². The van der Waals surface area contributed by atoms with Crippen molar-refractivity contribution < 1.29 is 13.2 Å². The van der Waals surface area contributed by atoms with Crippen molar-refractivity contribution in [2.75, 3.05) is 33.4 Å². The summed E-state index contributed by atoms with van der Waals surface area (Å²) in [5.41, 5.74) is 1.07. The van der Waals surface area contributed by atoms with Crippen molar-refractivity contribution in [1.29, 1.82) is 0 Å². The number of nitrogens with one attached hydrogen (secondary N) is 1. The molecule has 1 aromatic rings. The van der Waals surface area contributed by atoms with Crippen LogP contribution in [0.15, 0.2) is 29.2 Å². The molecule has 0 amide bonds. The highest BCUT2D eigenvalue weighted by molar-refractivity contribution is 7.89. The highest BCUT2D eigenvalue weighted by Crippen LogP contribution is 2.17. The molecule has 0 atom stereocenters. The smallest absolute Gasteiger partial charge is 0.243 e. The Bertz CT molecular complexity index is 491.